The molecular weight excluding hydrogens is 420 g/mol. The maximum absolute atomic E-state index is 10.6. The molecule has 0 unspecified atom stereocenters. The van der Waals surface area contributed by atoms with Crippen LogP contribution < -0.4 is 9.47 Å². The third-order valence-electron chi connectivity index (χ3n) is 5.25. The maximum Gasteiger partial charge on any atom is 0.229 e. The average Bonchev–Trinajstić information content (AvgIpc) is 2.78. The molecule has 0 saturated carbocycles. The number of ether oxygens (including phenoxy) is 5. The molecule has 7 N–H and O–H groups in total. The van der Waals surface area contributed by atoms with Crippen molar-refractivity contribution in [3.8, 4) is 11.5 Å². The van der Waals surface area contributed by atoms with Gasteiger partial charge in [-0.1, -0.05) is 6.07 Å². The summed E-state index contributed by atoms with van der Waals surface area (Å²) in [6, 6.07) is 6.44. The number of hydrogen-bond donors (Lipinski definition) is 7. The van der Waals surface area contributed by atoms with Gasteiger partial charge in [0.25, 0.3) is 0 Å². The van der Waals surface area contributed by atoms with Crippen LogP contribution in [0.4, 0.5) is 0 Å². The molecule has 31 heavy (non-hydrogen) atoms. The van der Waals surface area contributed by atoms with Crippen LogP contribution in [0.1, 0.15) is 0 Å². The van der Waals surface area contributed by atoms with Crippen LogP contribution in [0.3, 0.4) is 0 Å². The molecule has 0 spiro atoms. The summed E-state index contributed by atoms with van der Waals surface area (Å²) in [5, 5.41) is 69.9. The number of benzene rings is 1. The molecule has 0 amide bonds. The minimum atomic E-state index is -1.73. The van der Waals surface area contributed by atoms with E-state index in [1.807, 2.05) is 0 Å². The fourth-order valence-electron chi connectivity index (χ4n) is 3.46. The Morgan fingerprint density at radius 3 is 2.03 bits per heavy atom. The molecule has 2 aliphatic rings. The first kappa shape index (κ1) is 24.1. The van der Waals surface area contributed by atoms with E-state index in [1.165, 1.54) is 13.2 Å². The highest BCUT2D eigenvalue weighted by atomic mass is 16.7. The van der Waals surface area contributed by atoms with Gasteiger partial charge in [-0.05, 0) is 12.1 Å². The first-order chi connectivity index (χ1) is 14.8. The number of methoxy groups -OCH3 is 1. The number of aliphatic hydroxyl groups is 7. The van der Waals surface area contributed by atoms with E-state index in [-0.39, 0.29) is 5.75 Å². The summed E-state index contributed by atoms with van der Waals surface area (Å²) in [6.07, 6.45) is -15.1. The van der Waals surface area contributed by atoms with Crippen molar-refractivity contribution >= 4 is 0 Å². The quantitative estimate of drug-likeness (QED) is 0.220. The molecule has 0 bridgehead atoms. The van der Waals surface area contributed by atoms with Gasteiger partial charge >= 0.3 is 0 Å². The normalized spacial score (nSPS) is 41.0. The topological polar surface area (TPSA) is 188 Å². The van der Waals surface area contributed by atoms with E-state index in [0.29, 0.717) is 5.75 Å². The number of hydrogen-bond acceptors (Lipinski definition) is 12. The fourth-order valence-corrected chi connectivity index (χ4v) is 3.46. The van der Waals surface area contributed by atoms with Gasteiger partial charge in [0, 0.05) is 6.07 Å². The van der Waals surface area contributed by atoms with Crippen LogP contribution >= 0.6 is 0 Å². The SMILES string of the molecule is COc1cccc(O[C@@H]2O[C@H](CO)[C@H](O[C@H]3O[C@H](CO)[C@H](O)[C@H](O)[C@H]3O)[C@H](O)[C@H]2O)c1. The lowest BCUT2D eigenvalue weighted by Gasteiger charge is -2.45. The highest BCUT2D eigenvalue weighted by Crippen LogP contribution is 2.30. The zero-order chi connectivity index (χ0) is 22.7. The Hall–Kier alpha value is -1.58. The first-order valence-electron chi connectivity index (χ1n) is 9.69. The van der Waals surface area contributed by atoms with Crippen LogP contribution in [0.25, 0.3) is 0 Å². The van der Waals surface area contributed by atoms with Gasteiger partial charge in [-0.25, -0.2) is 0 Å². The highest BCUT2D eigenvalue weighted by Gasteiger charge is 2.51. The number of aliphatic hydroxyl groups excluding tert-OH is 7. The molecule has 12 heteroatoms. The standard InChI is InChI=1S/C19H28O12/c1-27-8-3-2-4-9(5-8)28-18-16(26)14(24)17(11(7-21)30-18)31-19-15(25)13(23)12(22)10(6-20)29-19/h2-5,10-26H,6-7H2,1H3/t10-,11-,12+,13+,14-,15-,16-,17+,18-,19-/m1/s1. The maximum atomic E-state index is 10.6. The lowest BCUT2D eigenvalue weighted by Crippen LogP contribution is -2.65. The molecule has 1 aromatic carbocycles. The van der Waals surface area contributed by atoms with Crippen LogP contribution in [0.5, 0.6) is 11.5 Å². The van der Waals surface area contributed by atoms with E-state index in [2.05, 4.69) is 0 Å². The van der Waals surface area contributed by atoms with E-state index in [4.69, 9.17) is 23.7 Å². The highest BCUT2D eigenvalue weighted by molar-refractivity contribution is 5.33. The molecule has 2 fully saturated rings. The largest absolute Gasteiger partial charge is 0.497 e. The summed E-state index contributed by atoms with van der Waals surface area (Å²) in [6.45, 7) is -1.32. The zero-order valence-electron chi connectivity index (χ0n) is 16.7. The Morgan fingerprint density at radius 2 is 1.39 bits per heavy atom. The van der Waals surface area contributed by atoms with Crippen LogP contribution in [-0.4, -0.2) is 117 Å². The molecular formula is C19H28O12. The predicted molar refractivity (Wildman–Crippen MR) is 100 cm³/mol. The van der Waals surface area contributed by atoms with Crippen LogP contribution in [-0.2, 0) is 14.2 Å². The second kappa shape index (κ2) is 10.4. The van der Waals surface area contributed by atoms with E-state index >= 15 is 0 Å². The van der Waals surface area contributed by atoms with Crippen LogP contribution in [0, 0.1) is 0 Å². The van der Waals surface area contributed by atoms with Gasteiger partial charge < -0.3 is 59.4 Å². The summed E-state index contributed by atoms with van der Waals surface area (Å²) < 4.78 is 26.9. The van der Waals surface area contributed by atoms with Crippen molar-refractivity contribution in [2.45, 2.75) is 61.4 Å². The lowest BCUT2D eigenvalue weighted by molar-refractivity contribution is -0.352. The Bertz CT molecular complexity index is 700. The molecule has 2 aliphatic heterocycles. The first-order valence-corrected chi connectivity index (χ1v) is 9.69. The van der Waals surface area contributed by atoms with E-state index < -0.39 is 74.6 Å². The molecule has 10 atom stereocenters. The van der Waals surface area contributed by atoms with E-state index in [0.717, 1.165) is 0 Å². The van der Waals surface area contributed by atoms with Crippen molar-refractivity contribution in [1.82, 2.24) is 0 Å². The smallest absolute Gasteiger partial charge is 0.229 e. The third kappa shape index (κ3) is 5.09. The summed E-state index contributed by atoms with van der Waals surface area (Å²) >= 11 is 0. The molecule has 3 rings (SSSR count). The van der Waals surface area contributed by atoms with Gasteiger partial charge in [0.05, 0.1) is 20.3 Å². The molecule has 2 heterocycles. The molecule has 12 nitrogen and oxygen atoms in total. The van der Waals surface area contributed by atoms with Gasteiger partial charge in [-0.15, -0.1) is 0 Å². The summed E-state index contributed by atoms with van der Waals surface area (Å²) in [5.74, 6) is 0.770. The lowest BCUT2D eigenvalue weighted by atomic mass is 9.97. The van der Waals surface area contributed by atoms with Crippen molar-refractivity contribution in [1.29, 1.82) is 0 Å². The van der Waals surface area contributed by atoms with Crippen molar-refractivity contribution < 1.29 is 59.4 Å². The van der Waals surface area contributed by atoms with Crippen LogP contribution in [0.15, 0.2) is 24.3 Å². The Morgan fingerprint density at radius 1 is 0.774 bits per heavy atom. The summed E-state index contributed by atoms with van der Waals surface area (Å²) in [5.41, 5.74) is 0. The second-order valence-corrected chi connectivity index (χ2v) is 7.30. The fraction of sp³-hybridized carbons (Fsp3) is 0.684. The van der Waals surface area contributed by atoms with E-state index in [1.54, 1.807) is 18.2 Å². The van der Waals surface area contributed by atoms with Crippen LogP contribution in [0.2, 0.25) is 0 Å². The van der Waals surface area contributed by atoms with Gasteiger partial charge in [0.15, 0.2) is 6.29 Å². The van der Waals surface area contributed by atoms with Crippen molar-refractivity contribution in [2.24, 2.45) is 0 Å². The summed E-state index contributed by atoms with van der Waals surface area (Å²) in [7, 11) is 1.47. The molecule has 0 radical (unpaired) electrons. The Labute approximate surface area is 177 Å². The minimum Gasteiger partial charge on any atom is -0.497 e. The van der Waals surface area contributed by atoms with Crippen molar-refractivity contribution in [2.75, 3.05) is 20.3 Å². The van der Waals surface area contributed by atoms with Gasteiger partial charge in [0.1, 0.15) is 60.3 Å². The van der Waals surface area contributed by atoms with Gasteiger partial charge in [-0.2, -0.15) is 0 Å². The predicted octanol–water partition coefficient (Wildman–Crippen LogP) is -3.30. The molecule has 0 aromatic heterocycles. The Balaban J connectivity index is 1.71. The van der Waals surface area contributed by atoms with Crippen molar-refractivity contribution in [3.63, 3.8) is 0 Å². The van der Waals surface area contributed by atoms with E-state index in [9.17, 15) is 35.7 Å². The molecule has 1 aromatic rings. The zero-order valence-corrected chi connectivity index (χ0v) is 16.7. The molecule has 2 saturated heterocycles. The van der Waals surface area contributed by atoms with Crippen molar-refractivity contribution in [3.05, 3.63) is 24.3 Å². The van der Waals surface area contributed by atoms with Gasteiger partial charge in [0.2, 0.25) is 6.29 Å². The average molecular weight is 448 g/mol. The third-order valence-corrected chi connectivity index (χ3v) is 5.25. The second-order valence-electron chi connectivity index (χ2n) is 7.30. The molecule has 176 valence electrons. The monoisotopic (exact) mass is 448 g/mol. The molecule has 0 aliphatic carbocycles. The number of rotatable bonds is 7. The Kier molecular flexibility index (Phi) is 8.04. The minimum absolute atomic E-state index is 0.278. The van der Waals surface area contributed by atoms with Gasteiger partial charge in [-0.3, -0.25) is 0 Å². The summed E-state index contributed by atoms with van der Waals surface area (Å²) in [4.78, 5) is 0.